The molecule has 1 aromatic carbocycles. The fourth-order valence-electron chi connectivity index (χ4n) is 1.50. The predicted molar refractivity (Wildman–Crippen MR) is 80.5 cm³/mol. The van der Waals surface area contributed by atoms with Crippen LogP contribution in [0, 0.1) is 0 Å². The molecule has 1 heterocycles. The van der Waals surface area contributed by atoms with Gasteiger partial charge in [0, 0.05) is 10.0 Å². The Morgan fingerprint density at radius 2 is 2.20 bits per heavy atom. The van der Waals surface area contributed by atoms with E-state index >= 15 is 0 Å². The van der Waals surface area contributed by atoms with Gasteiger partial charge in [-0.05, 0) is 48.0 Å². The van der Waals surface area contributed by atoms with Crippen LogP contribution >= 0.6 is 27.5 Å². The monoisotopic (exact) mass is 359 g/mol. The van der Waals surface area contributed by atoms with E-state index in [2.05, 4.69) is 26.1 Å². The summed E-state index contributed by atoms with van der Waals surface area (Å²) >= 11 is 9.37. The van der Waals surface area contributed by atoms with Crippen LogP contribution in [0.4, 0.5) is 0 Å². The lowest BCUT2D eigenvalue weighted by Gasteiger charge is -2.10. The molecule has 0 bridgehead atoms. The van der Waals surface area contributed by atoms with Crippen LogP contribution in [-0.2, 0) is 4.74 Å². The van der Waals surface area contributed by atoms with E-state index in [0.29, 0.717) is 23.3 Å². The number of hydrogen-bond donors (Lipinski definition) is 1. The molecule has 5 nitrogen and oxygen atoms in total. The van der Waals surface area contributed by atoms with Gasteiger partial charge in [-0.15, -0.1) is 0 Å². The summed E-state index contributed by atoms with van der Waals surface area (Å²) < 4.78 is 11.4. The Kier molecular flexibility index (Phi) is 5.15. The van der Waals surface area contributed by atoms with Crippen LogP contribution < -0.4 is 5.73 Å². The topological polar surface area (TPSA) is 74.2 Å². The highest BCUT2D eigenvalue weighted by Gasteiger charge is 2.16. The van der Waals surface area contributed by atoms with Gasteiger partial charge in [0.05, 0.1) is 23.8 Å². The minimum atomic E-state index is -0.416. The Morgan fingerprint density at radius 1 is 1.45 bits per heavy atom. The molecule has 0 radical (unpaired) electrons. The van der Waals surface area contributed by atoms with Crippen LogP contribution in [0.5, 0.6) is 0 Å². The van der Waals surface area contributed by atoms with Crippen LogP contribution in [0.2, 0.25) is 5.02 Å². The zero-order chi connectivity index (χ0) is 14.7. The number of benzene rings is 1. The molecular formula is C13H15BrClN3O2. The molecule has 2 rings (SSSR count). The summed E-state index contributed by atoms with van der Waals surface area (Å²) in [5.41, 5.74) is 6.69. The summed E-state index contributed by atoms with van der Waals surface area (Å²) in [6, 6.07) is 4.99. The lowest BCUT2D eigenvalue weighted by molar-refractivity contribution is 0.0665. The van der Waals surface area contributed by atoms with Crippen molar-refractivity contribution in [2.24, 2.45) is 5.73 Å². The van der Waals surface area contributed by atoms with Gasteiger partial charge in [0.15, 0.2) is 5.82 Å². The summed E-state index contributed by atoms with van der Waals surface area (Å²) in [4.78, 5) is 4.27. The van der Waals surface area contributed by atoms with Crippen molar-refractivity contribution in [3.05, 3.63) is 33.5 Å². The van der Waals surface area contributed by atoms with Crippen molar-refractivity contribution in [1.29, 1.82) is 0 Å². The third kappa shape index (κ3) is 3.79. The second-order valence-corrected chi connectivity index (χ2v) is 5.84. The first kappa shape index (κ1) is 15.4. The molecule has 0 aliphatic rings. The molecule has 1 atom stereocenters. The van der Waals surface area contributed by atoms with Crippen molar-refractivity contribution in [2.75, 3.05) is 6.61 Å². The maximum Gasteiger partial charge on any atom is 0.258 e. The van der Waals surface area contributed by atoms with Crippen molar-refractivity contribution in [3.63, 3.8) is 0 Å². The fraction of sp³-hybridized carbons (Fsp3) is 0.385. The minimum absolute atomic E-state index is 0.109. The zero-order valence-electron chi connectivity index (χ0n) is 11.1. The van der Waals surface area contributed by atoms with E-state index in [1.54, 1.807) is 6.07 Å². The lowest BCUT2D eigenvalue weighted by Crippen LogP contribution is -2.20. The molecule has 0 saturated heterocycles. The molecule has 0 saturated carbocycles. The standard InChI is InChI=1S/C13H15BrClN3O2/c1-7(2)19-6-11(16)12-17-13(20-18-12)8-3-4-9(14)10(15)5-8/h3-5,7,11H,6,16H2,1-2H3. The highest BCUT2D eigenvalue weighted by molar-refractivity contribution is 9.10. The Balaban J connectivity index is 2.13. The van der Waals surface area contributed by atoms with E-state index in [0.717, 1.165) is 10.0 Å². The normalized spacial score (nSPS) is 12.9. The molecule has 1 aromatic heterocycles. The maximum atomic E-state index is 6.04. The minimum Gasteiger partial charge on any atom is -0.377 e. The molecule has 108 valence electrons. The van der Waals surface area contributed by atoms with E-state index in [-0.39, 0.29) is 6.10 Å². The molecule has 7 heteroatoms. The average molecular weight is 361 g/mol. The summed E-state index contributed by atoms with van der Waals surface area (Å²) in [5, 5.41) is 4.46. The number of rotatable bonds is 5. The predicted octanol–water partition coefficient (Wildman–Crippen LogP) is 3.58. The van der Waals surface area contributed by atoms with Crippen LogP contribution in [0.3, 0.4) is 0 Å². The van der Waals surface area contributed by atoms with Crippen LogP contribution in [-0.4, -0.2) is 22.9 Å². The summed E-state index contributed by atoms with van der Waals surface area (Å²) in [5.74, 6) is 0.800. The Bertz CT molecular complexity index is 589. The maximum absolute atomic E-state index is 6.04. The fourth-order valence-corrected chi connectivity index (χ4v) is 1.93. The quantitative estimate of drug-likeness (QED) is 0.882. The molecule has 20 heavy (non-hydrogen) atoms. The first-order valence-corrected chi connectivity index (χ1v) is 7.30. The number of hydrogen-bond acceptors (Lipinski definition) is 5. The van der Waals surface area contributed by atoms with Gasteiger partial charge in [0.25, 0.3) is 5.89 Å². The molecule has 2 N–H and O–H groups in total. The largest absolute Gasteiger partial charge is 0.377 e. The Morgan fingerprint density at radius 3 is 2.85 bits per heavy atom. The zero-order valence-corrected chi connectivity index (χ0v) is 13.5. The number of ether oxygens (including phenoxy) is 1. The summed E-state index contributed by atoms with van der Waals surface area (Å²) in [6.07, 6.45) is 0.109. The molecular weight excluding hydrogens is 346 g/mol. The van der Waals surface area contributed by atoms with Gasteiger partial charge in [-0.25, -0.2) is 0 Å². The van der Waals surface area contributed by atoms with Crippen molar-refractivity contribution < 1.29 is 9.26 Å². The van der Waals surface area contributed by atoms with E-state index < -0.39 is 6.04 Å². The van der Waals surface area contributed by atoms with E-state index in [4.69, 9.17) is 26.6 Å². The van der Waals surface area contributed by atoms with Gasteiger partial charge in [0.2, 0.25) is 0 Å². The number of aromatic nitrogens is 2. The van der Waals surface area contributed by atoms with Crippen molar-refractivity contribution in [2.45, 2.75) is 26.0 Å². The molecule has 0 fully saturated rings. The SMILES string of the molecule is CC(C)OCC(N)c1noc(-c2ccc(Br)c(Cl)c2)n1. The first-order valence-electron chi connectivity index (χ1n) is 6.13. The molecule has 0 aliphatic carbocycles. The van der Waals surface area contributed by atoms with E-state index in [1.165, 1.54) is 0 Å². The second-order valence-electron chi connectivity index (χ2n) is 4.58. The Labute approximate surface area is 130 Å². The van der Waals surface area contributed by atoms with Gasteiger partial charge >= 0.3 is 0 Å². The summed E-state index contributed by atoms with van der Waals surface area (Å²) in [7, 11) is 0. The number of nitrogens with zero attached hydrogens (tertiary/aromatic N) is 2. The smallest absolute Gasteiger partial charge is 0.258 e. The van der Waals surface area contributed by atoms with E-state index in [1.807, 2.05) is 26.0 Å². The molecule has 1 unspecified atom stereocenters. The average Bonchev–Trinajstić information content (AvgIpc) is 2.89. The second kappa shape index (κ2) is 6.67. The Hall–Kier alpha value is -0.950. The van der Waals surface area contributed by atoms with Crippen LogP contribution in [0.25, 0.3) is 11.5 Å². The van der Waals surface area contributed by atoms with Gasteiger partial charge < -0.3 is 15.0 Å². The van der Waals surface area contributed by atoms with Crippen LogP contribution in [0.15, 0.2) is 27.2 Å². The van der Waals surface area contributed by atoms with Crippen molar-refractivity contribution >= 4 is 27.5 Å². The van der Waals surface area contributed by atoms with Gasteiger partial charge in [-0.2, -0.15) is 4.98 Å². The molecule has 2 aromatic rings. The van der Waals surface area contributed by atoms with E-state index in [9.17, 15) is 0 Å². The highest BCUT2D eigenvalue weighted by Crippen LogP contribution is 2.28. The van der Waals surface area contributed by atoms with Crippen molar-refractivity contribution in [3.8, 4) is 11.5 Å². The molecule has 0 aliphatic heterocycles. The van der Waals surface area contributed by atoms with Gasteiger partial charge in [0.1, 0.15) is 0 Å². The van der Waals surface area contributed by atoms with Crippen LogP contribution in [0.1, 0.15) is 25.7 Å². The van der Waals surface area contributed by atoms with Gasteiger partial charge in [-0.3, -0.25) is 0 Å². The molecule has 0 spiro atoms. The lowest BCUT2D eigenvalue weighted by atomic mass is 10.2. The summed E-state index contributed by atoms with van der Waals surface area (Å²) in [6.45, 7) is 4.23. The van der Waals surface area contributed by atoms with Gasteiger partial charge in [-0.1, -0.05) is 16.8 Å². The third-order valence-electron chi connectivity index (χ3n) is 2.55. The van der Waals surface area contributed by atoms with Crippen molar-refractivity contribution in [1.82, 2.24) is 10.1 Å². The number of nitrogens with two attached hydrogens (primary N) is 1. The number of halogens is 2. The highest BCUT2D eigenvalue weighted by atomic mass is 79.9. The first-order chi connectivity index (χ1) is 9.47. The molecule has 0 amide bonds. The third-order valence-corrected chi connectivity index (χ3v) is 3.78.